The smallest absolute Gasteiger partial charge is 0.246 e. The van der Waals surface area contributed by atoms with Gasteiger partial charge in [-0.3, -0.25) is 19.4 Å². The molecule has 0 radical (unpaired) electrons. The number of rotatable bonds is 2. The molecule has 0 saturated heterocycles. The number of benzene rings is 4. The summed E-state index contributed by atoms with van der Waals surface area (Å²) in [5.41, 5.74) is 7.30. The third-order valence-electron chi connectivity index (χ3n) is 7.30. The van der Waals surface area contributed by atoms with Crippen molar-refractivity contribution in [1.82, 2.24) is 0 Å². The first-order valence-corrected chi connectivity index (χ1v) is 15.5. The summed E-state index contributed by atoms with van der Waals surface area (Å²) < 4.78 is 0. The first-order chi connectivity index (χ1) is 20.7. The van der Waals surface area contributed by atoms with E-state index in [-0.39, 0.29) is 24.1 Å². The van der Waals surface area contributed by atoms with E-state index in [2.05, 4.69) is 0 Å². The highest BCUT2D eigenvalue weighted by atomic mass is 35.5. The highest BCUT2D eigenvalue weighted by molar-refractivity contribution is 6.32. The summed E-state index contributed by atoms with van der Waals surface area (Å²) in [6.07, 6.45) is 2.95. The molecule has 2 aliphatic rings. The number of hydrogen-bond donors (Lipinski definition) is 0. The molecular weight excluding hydrogens is 648 g/mol. The van der Waals surface area contributed by atoms with Crippen molar-refractivity contribution in [3.63, 3.8) is 0 Å². The Hall–Kier alpha value is -3.24. The van der Waals surface area contributed by atoms with E-state index in [0.717, 1.165) is 70.7 Å². The number of anilines is 4. The summed E-state index contributed by atoms with van der Waals surface area (Å²) in [6.45, 7) is 0. The Morgan fingerprint density at radius 2 is 0.884 bits per heavy atom. The van der Waals surface area contributed by atoms with Gasteiger partial charge in [-0.15, -0.1) is 11.6 Å². The number of carbonyl (C=O) groups excluding carboxylic acids is 2. The molecule has 4 aromatic carbocycles. The highest BCUT2D eigenvalue weighted by Gasteiger charge is 2.27. The zero-order valence-corrected chi connectivity index (χ0v) is 26.5. The van der Waals surface area contributed by atoms with Crippen molar-refractivity contribution in [2.24, 2.45) is 0 Å². The molecule has 2 amide bonds. The van der Waals surface area contributed by atoms with E-state index in [9.17, 15) is 9.59 Å². The van der Waals surface area contributed by atoms with Crippen molar-refractivity contribution in [1.29, 1.82) is 5.26 Å². The highest BCUT2D eigenvalue weighted by Crippen LogP contribution is 2.40. The predicted molar refractivity (Wildman–Crippen MR) is 176 cm³/mol. The summed E-state index contributed by atoms with van der Waals surface area (Å²) in [5, 5.41) is 11.5. The molecule has 0 atom stereocenters. The van der Waals surface area contributed by atoms with Gasteiger partial charge in [0.25, 0.3) is 0 Å². The average molecular weight is 672 g/mol. The van der Waals surface area contributed by atoms with Crippen LogP contribution in [0.5, 0.6) is 0 Å². The molecule has 0 spiro atoms. The second-order valence-electron chi connectivity index (χ2n) is 10.0. The summed E-state index contributed by atoms with van der Waals surface area (Å²) in [6, 6.07) is 24.0. The van der Waals surface area contributed by atoms with E-state index in [4.69, 9.17) is 63.3 Å². The number of nitrogens with zero attached hydrogens (tertiary/aromatic N) is 3. The molecule has 2 aliphatic heterocycles. The minimum absolute atomic E-state index is 0.0792. The lowest BCUT2D eigenvalue weighted by Crippen LogP contribution is -2.27. The Labute approximate surface area is 275 Å². The number of amides is 2. The number of halogens is 5. The first kappa shape index (κ1) is 31.2. The Morgan fingerprint density at radius 3 is 1.16 bits per heavy atom. The van der Waals surface area contributed by atoms with Crippen molar-refractivity contribution >= 4 is 92.6 Å². The standard InChI is InChI=1S/C17H12Cl2N2O.C16H12Cl3NO/c18-13-3-5-15-11(9-13)1-2-12-10-14(19)4-6-16(12)21(15)17(22)7-8-20;17-9-16(21)20-14-5-3-12(18)7-10(14)1-2-11-8-13(19)4-6-15(11)20/h3-6,9-10H,1-2,7H2;3-8H,1-2,9H2. The van der Waals surface area contributed by atoms with Crippen molar-refractivity contribution in [3.05, 3.63) is 115 Å². The van der Waals surface area contributed by atoms with Crippen LogP contribution in [0.1, 0.15) is 28.7 Å². The van der Waals surface area contributed by atoms with Gasteiger partial charge >= 0.3 is 0 Å². The Kier molecular flexibility index (Phi) is 9.86. The molecule has 43 heavy (non-hydrogen) atoms. The fourth-order valence-electron chi connectivity index (χ4n) is 5.43. The molecule has 0 fully saturated rings. The van der Waals surface area contributed by atoms with E-state index in [0.29, 0.717) is 20.1 Å². The molecular formula is C33H24Cl5N3O2. The Bertz CT molecular complexity index is 1660. The zero-order valence-electron chi connectivity index (χ0n) is 22.7. The minimum Gasteiger partial charge on any atom is -0.280 e. The normalized spacial score (nSPS) is 13.1. The second-order valence-corrected chi connectivity index (χ2v) is 12.0. The molecule has 6 rings (SSSR count). The van der Waals surface area contributed by atoms with E-state index in [1.54, 1.807) is 34.1 Å². The maximum absolute atomic E-state index is 12.5. The number of aryl methyl sites for hydroxylation is 4. The maximum Gasteiger partial charge on any atom is 0.246 e. The maximum atomic E-state index is 12.5. The molecule has 4 aromatic rings. The van der Waals surface area contributed by atoms with Gasteiger partial charge in [0.15, 0.2) is 0 Å². The van der Waals surface area contributed by atoms with Gasteiger partial charge in [0.1, 0.15) is 12.3 Å². The van der Waals surface area contributed by atoms with Gasteiger partial charge in [-0.05, 0) is 121 Å². The molecule has 0 unspecified atom stereocenters. The molecule has 0 bridgehead atoms. The van der Waals surface area contributed by atoms with Crippen molar-refractivity contribution in [3.8, 4) is 6.07 Å². The van der Waals surface area contributed by atoms with Crippen LogP contribution in [0.15, 0.2) is 72.8 Å². The van der Waals surface area contributed by atoms with Crippen LogP contribution in [0.25, 0.3) is 0 Å². The molecule has 10 heteroatoms. The number of fused-ring (bicyclic) bond motifs is 4. The monoisotopic (exact) mass is 669 g/mol. The lowest BCUT2D eigenvalue weighted by molar-refractivity contribution is -0.117. The number of hydrogen-bond acceptors (Lipinski definition) is 3. The van der Waals surface area contributed by atoms with Crippen LogP contribution in [0.2, 0.25) is 20.1 Å². The third-order valence-corrected chi connectivity index (χ3v) is 8.47. The first-order valence-electron chi connectivity index (χ1n) is 13.4. The van der Waals surface area contributed by atoms with Gasteiger partial charge in [-0.25, -0.2) is 0 Å². The molecule has 5 nitrogen and oxygen atoms in total. The van der Waals surface area contributed by atoms with Crippen LogP contribution in [0.4, 0.5) is 22.7 Å². The van der Waals surface area contributed by atoms with Gasteiger partial charge in [0, 0.05) is 20.1 Å². The second kappa shape index (κ2) is 13.6. The van der Waals surface area contributed by atoms with Crippen molar-refractivity contribution < 1.29 is 9.59 Å². The summed E-state index contributed by atoms with van der Waals surface area (Å²) in [7, 11) is 0. The molecule has 0 saturated carbocycles. The van der Waals surface area contributed by atoms with Crippen LogP contribution in [0, 0.1) is 11.3 Å². The summed E-state index contributed by atoms with van der Waals surface area (Å²) in [4.78, 5) is 28.1. The average Bonchev–Trinajstić information content (AvgIpc) is 3.24. The van der Waals surface area contributed by atoms with Gasteiger partial charge < -0.3 is 0 Å². The molecule has 0 aliphatic carbocycles. The van der Waals surface area contributed by atoms with Gasteiger partial charge in [0.2, 0.25) is 11.8 Å². The molecule has 0 N–H and O–H groups in total. The lowest BCUT2D eigenvalue weighted by atomic mass is 10.0. The van der Waals surface area contributed by atoms with Crippen molar-refractivity contribution in [2.75, 3.05) is 15.7 Å². The molecule has 218 valence electrons. The van der Waals surface area contributed by atoms with E-state index >= 15 is 0 Å². The van der Waals surface area contributed by atoms with Crippen molar-refractivity contribution in [2.45, 2.75) is 32.1 Å². The fourth-order valence-corrected chi connectivity index (χ4v) is 6.33. The summed E-state index contributed by atoms with van der Waals surface area (Å²) >= 11 is 30.1. The van der Waals surface area contributed by atoms with Crippen LogP contribution in [-0.2, 0) is 35.3 Å². The predicted octanol–water partition coefficient (Wildman–Crippen LogP) is 9.67. The SMILES string of the molecule is N#CCC(=O)N1c2ccc(Cl)cc2CCc2cc(Cl)ccc21.O=C(CCl)N1c2ccc(Cl)cc2CCc2cc(Cl)ccc21. The Morgan fingerprint density at radius 1 is 0.581 bits per heavy atom. The van der Waals surface area contributed by atoms with Gasteiger partial charge in [-0.2, -0.15) is 5.26 Å². The third kappa shape index (κ3) is 6.80. The minimum atomic E-state index is -0.253. The van der Waals surface area contributed by atoms with Gasteiger partial charge in [-0.1, -0.05) is 46.4 Å². The van der Waals surface area contributed by atoms with E-state index in [1.165, 1.54) is 0 Å². The Balaban J connectivity index is 0.000000171. The van der Waals surface area contributed by atoms with Crippen LogP contribution in [0.3, 0.4) is 0 Å². The van der Waals surface area contributed by atoms with Crippen LogP contribution in [-0.4, -0.2) is 17.7 Å². The topological polar surface area (TPSA) is 64.4 Å². The lowest BCUT2D eigenvalue weighted by Gasteiger charge is -2.24. The van der Waals surface area contributed by atoms with E-state index < -0.39 is 0 Å². The molecule has 0 aromatic heterocycles. The van der Waals surface area contributed by atoms with Crippen LogP contribution < -0.4 is 9.80 Å². The zero-order chi connectivity index (χ0) is 30.7. The summed E-state index contributed by atoms with van der Waals surface area (Å²) in [5.74, 6) is -0.494. The molecule has 2 heterocycles. The number of carbonyl (C=O) groups is 2. The number of nitriles is 1. The van der Waals surface area contributed by atoms with Gasteiger partial charge in [0.05, 0.1) is 28.8 Å². The largest absolute Gasteiger partial charge is 0.280 e. The number of alkyl halides is 1. The van der Waals surface area contributed by atoms with Crippen LogP contribution >= 0.6 is 58.0 Å². The quantitative estimate of drug-likeness (QED) is 0.199. The van der Waals surface area contributed by atoms with E-state index in [1.807, 2.05) is 54.6 Å². The fraction of sp³-hybridized carbons (Fsp3) is 0.182.